The van der Waals surface area contributed by atoms with Crippen molar-refractivity contribution < 1.29 is 8.42 Å². The Kier molecular flexibility index (Phi) is 6.86. The van der Waals surface area contributed by atoms with Crippen molar-refractivity contribution in [2.45, 2.75) is 31.7 Å². The van der Waals surface area contributed by atoms with Crippen LogP contribution in [0.5, 0.6) is 0 Å². The largest absolute Gasteiger partial charge is 0.305 e. The third kappa shape index (κ3) is 5.03. The summed E-state index contributed by atoms with van der Waals surface area (Å²) in [6, 6.07) is 3.57. The molecule has 0 heterocycles. The Morgan fingerprint density at radius 1 is 1.19 bits per heavy atom. The number of likely N-dealkylation sites (N-methyl/N-ethyl adjacent to an activating group) is 1. The van der Waals surface area contributed by atoms with E-state index < -0.39 is 10.0 Å². The van der Waals surface area contributed by atoms with Gasteiger partial charge in [-0.2, -0.15) is 0 Å². The smallest absolute Gasteiger partial charge is 0.241 e. The molecule has 0 radical (unpaired) electrons. The van der Waals surface area contributed by atoms with Crippen LogP contribution in [0.3, 0.4) is 0 Å². The van der Waals surface area contributed by atoms with Gasteiger partial charge in [-0.25, -0.2) is 13.1 Å². The van der Waals surface area contributed by atoms with E-state index >= 15 is 0 Å². The Morgan fingerprint density at radius 2 is 1.76 bits per heavy atom. The summed E-state index contributed by atoms with van der Waals surface area (Å²) in [7, 11) is 0.366. The van der Waals surface area contributed by atoms with Gasteiger partial charge in [0.05, 0.1) is 4.90 Å². The first-order valence-electron chi connectivity index (χ1n) is 6.68. The van der Waals surface area contributed by atoms with E-state index in [1.807, 2.05) is 25.9 Å². The number of hydrogen-bond acceptors (Lipinski definition) is 3. The van der Waals surface area contributed by atoms with Crippen molar-refractivity contribution in [1.82, 2.24) is 9.62 Å². The Balaban J connectivity index is 3.00. The Labute approximate surface area is 144 Å². The zero-order chi connectivity index (χ0) is 16.4. The van der Waals surface area contributed by atoms with Gasteiger partial charge in [-0.05, 0) is 60.6 Å². The first kappa shape index (κ1) is 19.1. The number of halogens is 2. The number of rotatable bonds is 6. The zero-order valence-corrected chi connectivity index (χ0v) is 16.9. The van der Waals surface area contributed by atoms with Gasteiger partial charge in [0.1, 0.15) is 0 Å². The van der Waals surface area contributed by atoms with E-state index in [0.29, 0.717) is 16.9 Å². The van der Waals surface area contributed by atoms with Gasteiger partial charge in [0.25, 0.3) is 0 Å². The van der Waals surface area contributed by atoms with Gasteiger partial charge in [-0.3, -0.25) is 0 Å². The monoisotopic (exact) mass is 440 g/mol. The number of sulfonamides is 1. The number of aryl methyl sites for hydroxylation is 1. The summed E-state index contributed by atoms with van der Waals surface area (Å²) in [6.07, 6.45) is 0. The highest BCUT2D eigenvalue weighted by Gasteiger charge is 2.22. The van der Waals surface area contributed by atoms with E-state index in [4.69, 9.17) is 0 Å². The average molecular weight is 442 g/mol. The molecule has 0 amide bonds. The van der Waals surface area contributed by atoms with E-state index in [2.05, 4.69) is 50.4 Å². The fraction of sp³-hybridized carbons (Fsp3) is 0.571. The predicted molar refractivity (Wildman–Crippen MR) is 94.1 cm³/mol. The third-order valence-corrected chi connectivity index (χ3v) is 6.65. The van der Waals surface area contributed by atoms with Gasteiger partial charge in [0, 0.05) is 21.5 Å². The number of hydrogen-bond donors (Lipinski definition) is 1. The topological polar surface area (TPSA) is 49.4 Å². The molecule has 0 aliphatic rings. The van der Waals surface area contributed by atoms with Crippen molar-refractivity contribution in [2.24, 2.45) is 5.92 Å². The summed E-state index contributed by atoms with van der Waals surface area (Å²) >= 11 is 6.71. The van der Waals surface area contributed by atoms with Gasteiger partial charge >= 0.3 is 0 Å². The summed E-state index contributed by atoms with van der Waals surface area (Å²) in [5.41, 5.74) is 0.981. The van der Waals surface area contributed by atoms with Crippen LogP contribution in [0.4, 0.5) is 0 Å². The molecule has 120 valence electrons. The zero-order valence-electron chi connectivity index (χ0n) is 12.9. The molecule has 0 aliphatic carbocycles. The highest BCUT2D eigenvalue weighted by Crippen LogP contribution is 2.28. The first-order chi connectivity index (χ1) is 9.56. The molecule has 1 atom stereocenters. The molecule has 1 unspecified atom stereocenters. The normalized spacial score (nSPS) is 14.0. The summed E-state index contributed by atoms with van der Waals surface area (Å²) in [5, 5.41) is 0. The van der Waals surface area contributed by atoms with Gasteiger partial charge in [-0.1, -0.05) is 29.8 Å². The second-order valence-corrected chi connectivity index (χ2v) is 9.10. The number of benzene rings is 1. The standard InChI is InChI=1S/C14H22Br2N2O2S/c1-9(2)13(18(4)5)8-17-21(19,20)14-7-11(15)10(3)6-12(14)16/h6-7,9,13,17H,8H2,1-5H3. The van der Waals surface area contributed by atoms with Crippen molar-refractivity contribution in [2.75, 3.05) is 20.6 Å². The minimum absolute atomic E-state index is 0.146. The van der Waals surface area contributed by atoms with Gasteiger partial charge in [-0.15, -0.1) is 0 Å². The van der Waals surface area contributed by atoms with Crippen molar-refractivity contribution >= 4 is 41.9 Å². The Bertz CT molecular complexity index is 593. The van der Waals surface area contributed by atoms with Crippen LogP contribution in [0.2, 0.25) is 0 Å². The SMILES string of the molecule is Cc1cc(Br)c(S(=O)(=O)NCC(C(C)C)N(C)C)cc1Br. The van der Waals surface area contributed by atoms with Crippen LogP contribution in [0.15, 0.2) is 26.0 Å². The number of nitrogens with zero attached hydrogens (tertiary/aromatic N) is 1. The van der Waals surface area contributed by atoms with Crippen molar-refractivity contribution in [3.63, 3.8) is 0 Å². The summed E-state index contributed by atoms with van der Waals surface area (Å²) in [4.78, 5) is 2.29. The molecule has 1 aromatic carbocycles. The van der Waals surface area contributed by atoms with Crippen molar-refractivity contribution in [3.8, 4) is 0 Å². The molecule has 0 bridgehead atoms. The molecule has 1 N–H and O–H groups in total. The highest BCUT2D eigenvalue weighted by atomic mass is 79.9. The molecule has 4 nitrogen and oxygen atoms in total. The van der Waals surface area contributed by atoms with E-state index in [-0.39, 0.29) is 10.9 Å². The lowest BCUT2D eigenvalue weighted by atomic mass is 10.0. The van der Waals surface area contributed by atoms with Crippen LogP contribution in [0, 0.1) is 12.8 Å². The fourth-order valence-corrected chi connectivity index (χ4v) is 4.85. The van der Waals surface area contributed by atoms with Gasteiger partial charge < -0.3 is 4.90 Å². The number of nitrogens with one attached hydrogen (secondary N) is 1. The molecular formula is C14H22Br2N2O2S. The van der Waals surface area contributed by atoms with Crippen molar-refractivity contribution in [3.05, 3.63) is 26.6 Å². The quantitative estimate of drug-likeness (QED) is 0.735. The summed E-state index contributed by atoms with van der Waals surface area (Å²) in [5.74, 6) is 0.357. The van der Waals surface area contributed by atoms with Gasteiger partial charge in [0.2, 0.25) is 10.0 Å². The molecule has 0 aliphatic heterocycles. The molecular weight excluding hydrogens is 420 g/mol. The molecule has 0 aromatic heterocycles. The fourth-order valence-electron chi connectivity index (χ4n) is 2.12. The lowest BCUT2D eigenvalue weighted by molar-refractivity contribution is 0.233. The molecule has 21 heavy (non-hydrogen) atoms. The molecule has 0 spiro atoms. The van der Waals surface area contributed by atoms with E-state index in [9.17, 15) is 8.42 Å². The molecule has 1 aromatic rings. The molecule has 0 saturated heterocycles. The Morgan fingerprint density at radius 3 is 2.24 bits per heavy atom. The second kappa shape index (κ2) is 7.55. The minimum Gasteiger partial charge on any atom is -0.305 e. The summed E-state index contributed by atoms with van der Waals surface area (Å²) < 4.78 is 29.0. The van der Waals surface area contributed by atoms with Crippen LogP contribution < -0.4 is 4.72 Å². The molecule has 7 heteroatoms. The molecule has 1 rings (SSSR count). The molecule has 0 fully saturated rings. The lowest BCUT2D eigenvalue weighted by Crippen LogP contribution is -2.43. The second-order valence-electron chi connectivity index (χ2n) is 5.66. The Hall–Kier alpha value is 0.0500. The van der Waals surface area contributed by atoms with Crippen LogP contribution >= 0.6 is 31.9 Å². The van der Waals surface area contributed by atoms with Crippen LogP contribution in [-0.4, -0.2) is 40.0 Å². The van der Waals surface area contributed by atoms with Gasteiger partial charge in [0.15, 0.2) is 0 Å². The maximum Gasteiger partial charge on any atom is 0.241 e. The van der Waals surface area contributed by atoms with Crippen LogP contribution in [0.1, 0.15) is 19.4 Å². The lowest BCUT2D eigenvalue weighted by Gasteiger charge is -2.28. The van der Waals surface area contributed by atoms with Crippen LogP contribution in [-0.2, 0) is 10.0 Å². The van der Waals surface area contributed by atoms with Crippen molar-refractivity contribution in [1.29, 1.82) is 0 Å². The maximum atomic E-state index is 12.5. The van der Waals surface area contributed by atoms with E-state index in [1.165, 1.54) is 0 Å². The van der Waals surface area contributed by atoms with Crippen LogP contribution in [0.25, 0.3) is 0 Å². The van der Waals surface area contributed by atoms with E-state index in [0.717, 1.165) is 10.0 Å². The first-order valence-corrected chi connectivity index (χ1v) is 9.75. The highest BCUT2D eigenvalue weighted by molar-refractivity contribution is 9.11. The third-order valence-electron chi connectivity index (χ3n) is 3.42. The minimum atomic E-state index is -3.55. The summed E-state index contributed by atoms with van der Waals surface area (Å²) in [6.45, 7) is 6.46. The predicted octanol–water partition coefficient (Wildman–Crippen LogP) is 3.38. The maximum absolute atomic E-state index is 12.5. The van der Waals surface area contributed by atoms with E-state index in [1.54, 1.807) is 12.1 Å². The average Bonchev–Trinajstić information content (AvgIpc) is 2.32. The molecule has 0 saturated carbocycles.